The van der Waals surface area contributed by atoms with Crippen LogP contribution in [0.2, 0.25) is 0 Å². The van der Waals surface area contributed by atoms with E-state index < -0.39 is 0 Å². The van der Waals surface area contributed by atoms with Gasteiger partial charge in [0.25, 0.3) is 0 Å². The number of hydrogen-bond donors (Lipinski definition) is 1. The highest BCUT2D eigenvalue weighted by Crippen LogP contribution is 2.25. The first-order valence-corrected chi connectivity index (χ1v) is 7.02. The maximum Gasteiger partial charge on any atom is 0.0475 e. The molecule has 0 spiro atoms. The van der Waals surface area contributed by atoms with Crippen LogP contribution in [0.1, 0.15) is 27.2 Å². The summed E-state index contributed by atoms with van der Waals surface area (Å²) in [6.07, 6.45) is 1.24. The fraction of sp³-hybridized carbons (Fsp3) is 0.692. The lowest BCUT2D eigenvalue weighted by Gasteiger charge is -2.34. The van der Waals surface area contributed by atoms with Gasteiger partial charge in [0.2, 0.25) is 0 Å². The summed E-state index contributed by atoms with van der Waals surface area (Å²) in [5.74, 6) is 0. The highest BCUT2D eigenvalue weighted by Gasteiger charge is 2.28. The fourth-order valence-electron chi connectivity index (χ4n) is 2.17. The molecule has 1 aromatic heterocycles. The van der Waals surface area contributed by atoms with Crippen molar-refractivity contribution in [1.82, 2.24) is 5.32 Å². The van der Waals surface area contributed by atoms with Gasteiger partial charge in [-0.3, -0.25) is 0 Å². The van der Waals surface area contributed by atoms with E-state index in [9.17, 15) is 0 Å². The van der Waals surface area contributed by atoms with Crippen molar-refractivity contribution in [3.8, 4) is 0 Å². The van der Waals surface area contributed by atoms with Gasteiger partial charge in [-0.25, -0.2) is 0 Å². The number of hydrogen-bond acceptors (Lipinski definition) is 3. The molecule has 1 aliphatic heterocycles. The third-order valence-corrected chi connectivity index (χ3v) is 3.99. The molecule has 2 rings (SSSR count). The van der Waals surface area contributed by atoms with E-state index in [1.54, 1.807) is 11.3 Å². The van der Waals surface area contributed by atoms with Crippen molar-refractivity contribution in [3.05, 3.63) is 16.8 Å². The van der Waals surface area contributed by atoms with E-state index in [1.807, 2.05) is 0 Å². The van der Waals surface area contributed by atoms with Crippen LogP contribution in [0.25, 0.3) is 0 Å². The molecule has 1 fully saturated rings. The van der Waals surface area contributed by atoms with E-state index >= 15 is 0 Å². The molecule has 0 bridgehead atoms. The summed E-state index contributed by atoms with van der Waals surface area (Å²) < 4.78 is 0. The van der Waals surface area contributed by atoms with Crippen molar-refractivity contribution in [2.45, 2.75) is 33.2 Å². The Morgan fingerprint density at radius 2 is 2.25 bits per heavy atom. The predicted molar refractivity (Wildman–Crippen MR) is 72.4 cm³/mol. The number of nitrogens with one attached hydrogen (secondary N) is 1. The van der Waals surface area contributed by atoms with E-state index in [0.717, 1.165) is 13.1 Å². The Balaban J connectivity index is 2.10. The molecule has 1 aliphatic rings. The number of rotatable bonds is 1. The lowest BCUT2D eigenvalue weighted by Crippen LogP contribution is -2.46. The van der Waals surface area contributed by atoms with Crippen molar-refractivity contribution >= 4 is 17.0 Å². The van der Waals surface area contributed by atoms with Gasteiger partial charge in [-0.15, -0.1) is 0 Å². The van der Waals surface area contributed by atoms with Gasteiger partial charge in [-0.1, -0.05) is 20.8 Å². The molecule has 2 heterocycles. The molecule has 0 aliphatic carbocycles. The second-order valence-electron chi connectivity index (χ2n) is 5.65. The summed E-state index contributed by atoms with van der Waals surface area (Å²) in [6, 6.07) is 2.81. The number of nitrogens with zero attached hydrogens (tertiary/aromatic N) is 1. The first-order chi connectivity index (χ1) is 7.57. The monoisotopic (exact) mass is 238 g/mol. The fourth-order valence-corrected chi connectivity index (χ4v) is 2.84. The van der Waals surface area contributed by atoms with E-state index in [2.05, 4.69) is 47.8 Å². The van der Waals surface area contributed by atoms with Crippen LogP contribution in [-0.4, -0.2) is 25.7 Å². The topological polar surface area (TPSA) is 15.3 Å². The van der Waals surface area contributed by atoms with Crippen LogP contribution in [0.4, 0.5) is 5.69 Å². The van der Waals surface area contributed by atoms with Gasteiger partial charge < -0.3 is 10.2 Å². The molecule has 1 saturated heterocycles. The van der Waals surface area contributed by atoms with E-state index in [0.29, 0.717) is 11.5 Å². The lowest BCUT2D eigenvalue weighted by atomic mass is 9.86. The molecule has 1 N–H and O–H groups in total. The highest BCUT2D eigenvalue weighted by atomic mass is 32.1. The molecule has 0 radical (unpaired) electrons. The Morgan fingerprint density at radius 1 is 1.44 bits per heavy atom. The zero-order chi connectivity index (χ0) is 11.6. The van der Waals surface area contributed by atoms with Gasteiger partial charge in [0.05, 0.1) is 0 Å². The molecule has 1 aromatic rings. The molecule has 90 valence electrons. The van der Waals surface area contributed by atoms with Gasteiger partial charge in [-0.2, -0.15) is 11.3 Å². The molecule has 1 atom stereocenters. The second kappa shape index (κ2) is 4.76. The third-order valence-electron chi connectivity index (χ3n) is 3.32. The minimum absolute atomic E-state index is 0.332. The smallest absolute Gasteiger partial charge is 0.0475 e. The average Bonchev–Trinajstić information content (AvgIpc) is 2.60. The maximum absolute atomic E-state index is 3.68. The number of anilines is 1. The zero-order valence-electron chi connectivity index (χ0n) is 10.5. The van der Waals surface area contributed by atoms with Crippen molar-refractivity contribution in [1.29, 1.82) is 0 Å². The molecular weight excluding hydrogens is 216 g/mol. The molecule has 0 saturated carbocycles. The van der Waals surface area contributed by atoms with E-state index in [1.165, 1.54) is 18.7 Å². The van der Waals surface area contributed by atoms with Crippen molar-refractivity contribution in [2.75, 3.05) is 24.5 Å². The third kappa shape index (κ3) is 2.77. The second-order valence-corrected chi connectivity index (χ2v) is 6.43. The largest absolute Gasteiger partial charge is 0.369 e. The SMILES string of the molecule is CC(C)(C)C1CN(c2ccsc2)CCCN1. The van der Waals surface area contributed by atoms with Crippen LogP contribution in [0.5, 0.6) is 0 Å². The minimum atomic E-state index is 0.332. The van der Waals surface area contributed by atoms with Gasteiger partial charge in [-0.05, 0) is 29.8 Å². The standard InChI is InChI=1S/C13H22N2S/c1-13(2,3)12-9-15(7-4-6-14-12)11-5-8-16-10-11/h5,8,10,12,14H,4,6-7,9H2,1-3H3. The Hall–Kier alpha value is -0.540. The predicted octanol–water partition coefficient (Wildman–Crippen LogP) is 2.96. The number of thiophene rings is 1. The molecule has 0 amide bonds. The van der Waals surface area contributed by atoms with Gasteiger partial charge in [0.15, 0.2) is 0 Å². The average molecular weight is 238 g/mol. The van der Waals surface area contributed by atoms with Crippen LogP contribution in [0.15, 0.2) is 16.8 Å². The Labute approximate surface area is 103 Å². The normalized spacial score (nSPS) is 23.2. The van der Waals surface area contributed by atoms with Crippen LogP contribution in [0, 0.1) is 5.41 Å². The quantitative estimate of drug-likeness (QED) is 0.809. The highest BCUT2D eigenvalue weighted by molar-refractivity contribution is 7.08. The maximum atomic E-state index is 3.68. The van der Waals surface area contributed by atoms with Crippen LogP contribution >= 0.6 is 11.3 Å². The Morgan fingerprint density at radius 3 is 2.88 bits per heavy atom. The van der Waals surface area contributed by atoms with Crippen LogP contribution in [0.3, 0.4) is 0 Å². The molecular formula is C13H22N2S. The van der Waals surface area contributed by atoms with Crippen molar-refractivity contribution in [2.24, 2.45) is 5.41 Å². The molecule has 16 heavy (non-hydrogen) atoms. The zero-order valence-corrected chi connectivity index (χ0v) is 11.3. The minimum Gasteiger partial charge on any atom is -0.369 e. The molecule has 2 nitrogen and oxygen atoms in total. The van der Waals surface area contributed by atoms with Crippen LogP contribution < -0.4 is 10.2 Å². The summed E-state index contributed by atoms with van der Waals surface area (Å²) >= 11 is 1.79. The van der Waals surface area contributed by atoms with Gasteiger partial charge >= 0.3 is 0 Å². The van der Waals surface area contributed by atoms with Crippen molar-refractivity contribution in [3.63, 3.8) is 0 Å². The summed E-state index contributed by atoms with van der Waals surface area (Å²) in [5.41, 5.74) is 1.72. The summed E-state index contributed by atoms with van der Waals surface area (Å²) in [4.78, 5) is 2.52. The van der Waals surface area contributed by atoms with Gasteiger partial charge in [0.1, 0.15) is 0 Å². The lowest BCUT2D eigenvalue weighted by molar-refractivity contribution is 0.280. The Kier molecular flexibility index (Phi) is 3.55. The first-order valence-electron chi connectivity index (χ1n) is 6.08. The summed E-state index contributed by atoms with van der Waals surface area (Å²) in [7, 11) is 0. The van der Waals surface area contributed by atoms with Crippen molar-refractivity contribution < 1.29 is 0 Å². The molecule has 0 aromatic carbocycles. The summed E-state index contributed by atoms with van der Waals surface area (Å²) in [5, 5.41) is 8.10. The summed E-state index contributed by atoms with van der Waals surface area (Å²) in [6.45, 7) is 10.4. The molecule has 1 unspecified atom stereocenters. The Bertz CT molecular complexity index is 313. The van der Waals surface area contributed by atoms with E-state index in [-0.39, 0.29) is 0 Å². The van der Waals surface area contributed by atoms with Crippen LogP contribution in [-0.2, 0) is 0 Å². The first kappa shape index (κ1) is 11.9. The van der Waals surface area contributed by atoms with Gasteiger partial charge in [0, 0.05) is 30.2 Å². The van der Waals surface area contributed by atoms with E-state index in [4.69, 9.17) is 0 Å². The molecule has 3 heteroatoms.